The van der Waals surface area contributed by atoms with Crippen LogP contribution in [0.5, 0.6) is 0 Å². The second-order valence-corrected chi connectivity index (χ2v) is 3.26. The van der Waals surface area contributed by atoms with Gasteiger partial charge in [0, 0.05) is 12.1 Å². The zero-order valence-electron chi connectivity index (χ0n) is 7.44. The topological polar surface area (TPSA) is 60.2 Å². The lowest BCUT2D eigenvalue weighted by molar-refractivity contribution is -0.384. The molecule has 0 aliphatic rings. The van der Waals surface area contributed by atoms with E-state index in [-0.39, 0.29) is 11.5 Å². The molecule has 5 heteroatoms. The minimum absolute atomic E-state index is 0.0607. The lowest BCUT2D eigenvalue weighted by Crippen LogP contribution is -2.01. The zero-order chi connectivity index (χ0) is 10.7. The van der Waals surface area contributed by atoms with Gasteiger partial charge >= 0.3 is 0 Å². The van der Waals surface area contributed by atoms with E-state index in [0.29, 0.717) is 5.56 Å². The second-order valence-electron chi connectivity index (χ2n) is 2.83. The van der Waals surface area contributed by atoms with Crippen molar-refractivity contribution in [3.05, 3.63) is 39.9 Å². The maximum atomic E-state index is 10.9. The Labute approximate surface area is 85.6 Å². The van der Waals surface area contributed by atoms with Crippen LogP contribution in [0.15, 0.2) is 24.3 Å². The lowest BCUT2D eigenvalue weighted by Gasteiger charge is -2.04. The number of halogens is 1. The molecule has 4 nitrogen and oxygen atoms in total. The van der Waals surface area contributed by atoms with Crippen LogP contribution >= 0.6 is 11.6 Å². The number of benzene rings is 1. The van der Waals surface area contributed by atoms with Gasteiger partial charge in [0.05, 0.1) is 4.92 Å². The fraction of sp³-hybridized carbons (Fsp3) is 0.222. The molecule has 0 spiro atoms. The quantitative estimate of drug-likeness (QED) is 0.440. The minimum atomic E-state index is -0.810. The van der Waals surface area contributed by atoms with Crippen LogP contribution in [0, 0.1) is 10.1 Å². The van der Waals surface area contributed by atoms with E-state index in [4.69, 9.17) is 11.6 Å². The Morgan fingerprint density at radius 3 is 2.71 bits per heavy atom. The highest BCUT2D eigenvalue weighted by Crippen LogP contribution is 2.24. The number of nitro benzene ring substituents is 1. The summed E-state index contributed by atoms with van der Waals surface area (Å²) in [6.07, 6.45) is 0. The number of nitro groups is 1. The van der Waals surface area contributed by atoms with E-state index in [9.17, 15) is 14.9 Å². The molecule has 0 saturated carbocycles. The molecule has 1 unspecified atom stereocenters. The third-order valence-electron chi connectivity index (χ3n) is 1.73. The Balaban J connectivity index is 3.05. The third kappa shape index (κ3) is 2.29. The van der Waals surface area contributed by atoms with Crippen molar-refractivity contribution in [3.63, 3.8) is 0 Å². The fourth-order valence-corrected chi connectivity index (χ4v) is 1.17. The molecule has 74 valence electrons. The third-order valence-corrected chi connectivity index (χ3v) is 2.29. The van der Waals surface area contributed by atoms with Crippen LogP contribution in [-0.2, 0) is 4.79 Å². The largest absolute Gasteiger partial charge is 0.298 e. The summed E-state index contributed by atoms with van der Waals surface area (Å²) in [6, 6.07) is 5.75. The molecule has 0 heterocycles. The van der Waals surface area contributed by atoms with Crippen LogP contribution < -0.4 is 0 Å². The number of hydrogen-bond acceptors (Lipinski definition) is 3. The highest BCUT2D eigenvalue weighted by molar-refractivity contribution is 6.30. The van der Waals surface area contributed by atoms with Gasteiger partial charge in [-0.3, -0.25) is 14.9 Å². The first kappa shape index (κ1) is 10.7. The van der Waals surface area contributed by atoms with Crippen LogP contribution in [-0.4, -0.2) is 10.7 Å². The number of Topliss-reactive ketones (excluding diaryl/α,β-unsaturated/α-hetero) is 1. The summed E-state index contributed by atoms with van der Waals surface area (Å²) in [5.41, 5.74) is 0.391. The summed E-state index contributed by atoms with van der Waals surface area (Å²) in [7, 11) is 0. The molecule has 0 radical (unpaired) electrons. The number of rotatable bonds is 3. The Bertz CT molecular complexity index is 378. The van der Waals surface area contributed by atoms with Gasteiger partial charge in [0.2, 0.25) is 0 Å². The molecule has 0 aromatic heterocycles. The van der Waals surface area contributed by atoms with E-state index >= 15 is 0 Å². The zero-order valence-corrected chi connectivity index (χ0v) is 8.19. The van der Waals surface area contributed by atoms with Crippen LogP contribution in [0.4, 0.5) is 5.69 Å². The molecular weight excluding hydrogens is 206 g/mol. The first-order valence-electron chi connectivity index (χ1n) is 3.91. The molecular formula is C9H8ClNO3. The Kier molecular flexibility index (Phi) is 3.19. The van der Waals surface area contributed by atoms with E-state index < -0.39 is 10.3 Å². The van der Waals surface area contributed by atoms with Gasteiger partial charge in [-0.2, -0.15) is 0 Å². The molecule has 1 aromatic carbocycles. The van der Waals surface area contributed by atoms with E-state index in [2.05, 4.69) is 0 Å². The molecule has 1 aromatic rings. The van der Waals surface area contributed by atoms with E-state index in [1.54, 1.807) is 6.07 Å². The molecule has 0 amide bonds. The molecule has 0 aliphatic carbocycles. The molecule has 0 N–H and O–H groups in total. The summed E-state index contributed by atoms with van der Waals surface area (Å²) >= 11 is 5.75. The van der Waals surface area contributed by atoms with Crippen LogP contribution in [0.2, 0.25) is 0 Å². The Morgan fingerprint density at radius 2 is 2.21 bits per heavy atom. The van der Waals surface area contributed by atoms with Crippen molar-refractivity contribution in [2.75, 3.05) is 0 Å². The maximum Gasteiger partial charge on any atom is 0.269 e. The molecule has 1 rings (SSSR count). The minimum Gasteiger partial charge on any atom is -0.298 e. The van der Waals surface area contributed by atoms with Gasteiger partial charge in [-0.25, -0.2) is 0 Å². The average Bonchev–Trinajstić information content (AvgIpc) is 2.16. The molecule has 0 aliphatic heterocycles. The lowest BCUT2D eigenvalue weighted by atomic mass is 10.1. The van der Waals surface area contributed by atoms with Gasteiger partial charge in [-0.05, 0) is 12.5 Å². The maximum absolute atomic E-state index is 10.9. The summed E-state index contributed by atoms with van der Waals surface area (Å²) in [5.74, 6) is -0.229. The van der Waals surface area contributed by atoms with Crippen LogP contribution in [0.3, 0.4) is 0 Å². The van der Waals surface area contributed by atoms with Gasteiger partial charge in [0.1, 0.15) is 5.38 Å². The summed E-state index contributed by atoms with van der Waals surface area (Å²) in [4.78, 5) is 20.8. The van der Waals surface area contributed by atoms with Gasteiger partial charge < -0.3 is 0 Å². The first-order valence-corrected chi connectivity index (χ1v) is 4.35. The summed E-state index contributed by atoms with van der Waals surface area (Å²) in [5, 5.41) is 9.61. The number of carbonyl (C=O) groups excluding carboxylic acids is 1. The van der Waals surface area contributed by atoms with Crippen molar-refractivity contribution in [3.8, 4) is 0 Å². The van der Waals surface area contributed by atoms with Crippen molar-refractivity contribution >= 4 is 23.1 Å². The molecule has 1 atom stereocenters. The summed E-state index contributed by atoms with van der Waals surface area (Å²) < 4.78 is 0. The molecule has 14 heavy (non-hydrogen) atoms. The van der Waals surface area contributed by atoms with Crippen molar-refractivity contribution in [2.45, 2.75) is 12.3 Å². The van der Waals surface area contributed by atoms with E-state index in [0.717, 1.165) is 0 Å². The second kappa shape index (κ2) is 4.19. The van der Waals surface area contributed by atoms with E-state index in [1.165, 1.54) is 25.1 Å². The average molecular weight is 214 g/mol. The first-order chi connectivity index (χ1) is 6.52. The Morgan fingerprint density at radius 1 is 1.57 bits per heavy atom. The highest BCUT2D eigenvalue weighted by Gasteiger charge is 2.15. The predicted octanol–water partition coefficient (Wildman–Crippen LogP) is 2.46. The van der Waals surface area contributed by atoms with Crippen molar-refractivity contribution in [1.29, 1.82) is 0 Å². The van der Waals surface area contributed by atoms with Crippen molar-refractivity contribution in [1.82, 2.24) is 0 Å². The predicted molar refractivity (Wildman–Crippen MR) is 52.4 cm³/mol. The summed E-state index contributed by atoms with van der Waals surface area (Å²) in [6.45, 7) is 1.34. The van der Waals surface area contributed by atoms with Crippen LogP contribution in [0.1, 0.15) is 17.9 Å². The van der Waals surface area contributed by atoms with Gasteiger partial charge in [0.25, 0.3) is 5.69 Å². The number of ketones is 1. The highest BCUT2D eigenvalue weighted by atomic mass is 35.5. The number of carbonyl (C=O) groups is 1. The number of hydrogen-bond donors (Lipinski definition) is 0. The number of non-ortho nitro benzene ring substituents is 1. The number of alkyl halides is 1. The SMILES string of the molecule is CC(=O)C(Cl)c1cccc([N+](=O)[O-])c1. The Hall–Kier alpha value is -1.42. The standard InChI is InChI=1S/C9H8ClNO3/c1-6(12)9(10)7-3-2-4-8(5-7)11(13)14/h2-5,9H,1H3. The smallest absolute Gasteiger partial charge is 0.269 e. The normalized spacial score (nSPS) is 12.1. The fourth-order valence-electron chi connectivity index (χ4n) is 1.03. The molecule has 0 fully saturated rings. The van der Waals surface area contributed by atoms with Gasteiger partial charge in [0.15, 0.2) is 5.78 Å². The monoisotopic (exact) mass is 213 g/mol. The molecule has 0 bridgehead atoms. The number of nitrogens with zero attached hydrogens (tertiary/aromatic N) is 1. The van der Waals surface area contributed by atoms with E-state index in [1.807, 2.05) is 0 Å². The van der Waals surface area contributed by atoms with Crippen molar-refractivity contribution < 1.29 is 9.72 Å². The van der Waals surface area contributed by atoms with Gasteiger partial charge in [-0.1, -0.05) is 12.1 Å². The van der Waals surface area contributed by atoms with Crippen molar-refractivity contribution in [2.24, 2.45) is 0 Å². The van der Waals surface area contributed by atoms with Gasteiger partial charge in [-0.15, -0.1) is 11.6 Å². The molecule has 0 saturated heterocycles. The van der Waals surface area contributed by atoms with Crippen LogP contribution in [0.25, 0.3) is 0 Å².